The van der Waals surface area contributed by atoms with Crippen LogP contribution in [0.4, 0.5) is 0 Å². The molecule has 11 N–H and O–H groups in total. The van der Waals surface area contributed by atoms with E-state index in [1.165, 1.54) is 0 Å². The van der Waals surface area contributed by atoms with Crippen LogP contribution in [0.5, 0.6) is 0 Å². The van der Waals surface area contributed by atoms with Crippen LogP contribution >= 0.6 is 0 Å². The van der Waals surface area contributed by atoms with Gasteiger partial charge in [-0.15, -0.1) is 0 Å². The number of fused-ring (bicyclic) bond motifs is 2. The van der Waals surface area contributed by atoms with Gasteiger partial charge in [0.25, 0.3) is 0 Å². The Morgan fingerprint density at radius 3 is 1.77 bits per heavy atom. The first-order valence-corrected chi connectivity index (χ1v) is 14.0. The third kappa shape index (κ3) is 7.79. The van der Waals surface area contributed by atoms with Crippen molar-refractivity contribution in [3.63, 3.8) is 0 Å². The summed E-state index contributed by atoms with van der Waals surface area (Å²) in [5.74, 6) is -4.55. The largest absolute Gasteiger partial charge is 0.480 e. The number of rotatable bonds is 15. The second kappa shape index (κ2) is 14.3. The number of carbonyl (C=O) groups is 5. The van der Waals surface area contributed by atoms with Crippen molar-refractivity contribution in [2.45, 2.75) is 49.9 Å². The first-order chi connectivity index (χ1) is 21.1. The molecular weight excluding hydrogens is 570 g/mol. The van der Waals surface area contributed by atoms with Gasteiger partial charge >= 0.3 is 5.97 Å². The van der Waals surface area contributed by atoms with Crippen molar-refractivity contribution in [3.8, 4) is 0 Å². The molecule has 4 aromatic rings. The van der Waals surface area contributed by atoms with Crippen molar-refractivity contribution < 1.29 is 34.2 Å². The monoisotopic (exact) mass is 605 g/mol. The second-order valence-corrected chi connectivity index (χ2v) is 10.4. The number of amides is 4. The quantitative estimate of drug-likeness (QED) is 0.0857. The summed E-state index contributed by atoms with van der Waals surface area (Å²) in [6, 6.07) is 9.49. The maximum atomic E-state index is 13.3. The molecule has 0 aliphatic rings. The number of nitrogens with two attached hydrogens (primary N) is 2. The smallest absolute Gasteiger partial charge is 0.326 e. The summed E-state index contributed by atoms with van der Waals surface area (Å²) in [5.41, 5.74) is 14.4. The molecule has 4 unspecified atom stereocenters. The number of aromatic amines is 2. The molecule has 0 saturated carbocycles. The predicted molar refractivity (Wildman–Crippen MR) is 161 cm³/mol. The SMILES string of the molecule is NC(=O)CCC(NC(=O)C(Cc1c[nH]c2ccccc12)NC(=O)C(CO)NC(=O)C(N)Cc1c[nH]c2ccccc12)C(=O)O. The maximum Gasteiger partial charge on any atom is 0.326 e. The zero-order valence-corrected chi connectivity index (χ0v) is 23.7. The van der Waals surface area contributed by atoms with Gasteiger partial charge in [0.1, 0.15) is 18.1 Å². The van der Waals surface area contributed by atoms with Crippen molar-refractivity contribution in [2.75, 3.05) is 6.61 Å². The fourth-order valence-electron chi connectivity index (χ4n) is 4.92. The molecule has 232 valence electrons. The Kier molecular flexibility index (Phi) is 10.3. The van der Waals surface area contributed by atoms with Gasteiger partial charge in [-0.2, -0.15) is 0 Å². The van der Waals surface area contributed by atoms with Crippen LogP contribution in [0.2, 0.25) is 0 Å². The van der Waals surface area contributed by atoms with E-state index >= 15 is 0 Å². The zero-order valence-electron chi connectivity index (χ0n) is 23.7. The van der Waals surface area contributed by atoms with Crippen LogP contribution in [0.3, 0.4) is 0 Å². The second-order valence-electron chi connectivity index (χ2n) is 10.4. The minimum absolute atomic E-state index is 0.0596. The summed E-state index contributed by atoms with van der Waals surface area (Å²) in [6.45, 7) is -0.796. The van der Waals surface area contributed by atoms with E-state index in [4.69, 9.17) is 11.5 Å². The minimum Gasteiger partial charge on any atom is -0.480 e. The average molecular weight is 606 g/mol. The molecule has 2 aromatic heterocycles. The van der Waals surface area contributed by atoms with Gasteiger partial charge in [0.05, 0.1) is 12.6 Å². The number of carboxylic acid groups (broad SMARTS) is 1. The molecule has 4 atom stereocenters. The topological polar surface area (TPSA) is 246 Å². The number of aromatic nitrogens is 2. The van der Waals surface area contributed by atoms with Crippen molar-refractivity contribution in [3.05, 3.63) is 72.1 Å². The number of hydrogen-bond donors (Lipinski definition) is 9. The lowest BCUT2D eigenvalue weighted by Gasteiger charge is -2.24. The van der Waals surface area contributed by atoms with Gasteiger partial charge < -0.3 is 47.6 Å². The Hall–Kier alpha value is -5.21. The highest BCUT2D eigenvalue weighted by Crippen LogP contribution is 2.20. The zero-order chi connectivity index (χ0) is 31.8. The number of para-hydroxylation sites is 2. The summed E-state index contributed by atoms with van der Waals surface area (Å²) in [7, 11) is 0. The summed E-state index contributed by atoms with van der Waals surface area (Å²) in [4.78, 5) is 68.7. The molecule has 0 saturated heterocycles. The fourth-order valence-corrected chi connectivity index (χ4v) is 4.92. The molecule has 2 aromatic carbocycles. The Bertz CT molecular complexity index is 1660. The first kappa shape index (κ1) is 31.7. The van der Waals surface area contributed by atoms with Gasteiger partial charge in [-0.3, -0.25) is 19.2 Å². The Morgan fingerprint density at radius 2 is 1.23 bits per heavy atom. The van der Waals surface area contributed by atoms with Crippen molar-refractivity contribution in [2.24, 2.45) is 11.5 Å². The van der Waals surface area contributed by atoms with Crippen LogP contribution in [-0.2, 0) is 36.8 Å². The van der Waals surface area contributed by atoms with E-state index in [1.807, 2.05) is 42.5 Å². The number of carboxylic acids is 1. The highest BCUT2D eigenvalue weighted by molar-refractivity contribution is 5.95. The number of hydrogen-bond acceptors (Lipinski definition) is 7. The number of primary amides is 1. The number of aliphatic carboxylic acids is 1. The molecule has 2 heterocycles. The molecule has 14 nitrogen and oxygen atoms in total. The Morgan fingerprint density at radius 1 is 0.727 bits per heavy atom. The van der Waals surface area contributed by atoms with Crippen molar-refractivity contribution in [1.82, 2.24) is 25.9 Å². The summed E-state index contributed by atoms with van der Waals surface area (Å²) in [5, 5.41) is 28.5. The van der Waals surface area contributed by atoms with Crippen LogP contribution in [0.25, 0.3) is 21.8 Å². The summed E-state index contributed by atoms with van der Waals surface area (Å²) in [6.07, 6.45) is 2.96. The molecule has 0 fully saturated rings. The molecule has 14 heteroatoms. The molecular formula is C30H35N7O7. The number of aliphatic hydroxyl groups excluding tert-OH is 1. The molecule has 0 aliphatic heterocycles. The van der Waals surface area contributed by atoms with Crippen LogP contribution in [0, 0.1) is 0 Å². The van der Waals surface area contributed by atoms with Crippen LogP contribution in [-0.4, -0.2) is 80.6 Å². The average Bonchev–Trinajstić information content (AvgIpc) is 3.61. The molecule has 0 spiro atoms. The van der Waals surface area contributed by atoms with Crippen molar-refractivity contribution >= 4 is 51.4 Å². The maximum absolute atomic E-state index is 13.3. The standard InChI is InChI=1S/C30H35N7O7/c31-20(11-16-13-33-21-7-3-1-5-18(16)21)27(40)37-25(15-38)29(42)36-24(12-17-14-34-22-8-4-2-6-19(17)22)28(41)35-23(30(43)44)9-10-26(32)39/h1-8,13-14,20,23-25,33-34,38H,9-12,15,31H2,(H2,32,39)(H,35,41)(H,36,42)(H,37,40)(H,43,44). The van der Waals surface area contributed by atoms with Crippen LogP contribution < -0.4 is 27.4 Å². The number of H-pyrrole nitrogens is 2. The highest BCUT2D eigenvalue weighted by Gasteiger charge is 2.31. The van der Waals surface area contributed by atoms with Gasteiger partial charge in [0, 0.05) is 47.0 Å². The van der Waals surface area contributed by atoms with Gasteiger partial charge in [-0.05, 0) is 36.1 Å². The van der Waals surface area contributed by atoms with E-state index < -0.39 is 60.4 Å². The lowest BCUT2D eigenvalue weighted by Crippen LogP contribution is -2.58. The van der Waals surface area contributed by atoms with Crippen LogP contribution in [0.1, 0.15) is 24.0 Å². The van der Waals surface area contributed by atoms with E-state index in [0.717, 1.165) is 27.4 Å². The number of aliphatic hydroxyl groups is 1. The van der Waals surface area contributed by atoms with E-state index in [0.29, 0.717) is 5.56 Å². The number of carbonyl (C=O) groups excluding carboxylic acids is 4. The molecule has 0 aliphatic carbocycles. The Balaban J connectivity index is 1.48. The lowest BCUT2D eigenvalue weighted by atomic mass is 10.0. The fraction of sp³-hybridized carbons (Fsp3) is 0.300. The van der Waals surface area contributed by atoms with Crippen LogP contribution in [0.15, 0.2) is 60.9 Å². The predicted octanol–water partition coefficient (Wildman–Crippen LogP) is -0.441. The van der Waals surface area contributed by atoms with E-state index in [-0.39, 0.29) is 25.7 Å². The van der Waals surface area contributed by atoms with E-state index in [1.54, 1.807) is 18.5 Å². The molecule has 0 radical (unpaired) electrons. The van der Waals surface area contributed by atoms with Gasteiger partial charge in [-0.1, -0.05) is 36.4 Å². The molecule has 4 rings (SSSR count). The summed E-state index contributed by atoms with van der Waals surface area (Å²) >= 11 is 0. The number of nitrogens with one attached hydrogen (secondary N) is 5. The normalized spacial score (nSPS) is 14.0. The first-order valence-electron chi connectivity index (χ1n) is 14.0. The third-order valence-corrected chi connectivity index (χ3v) is 7.29. The summed E-state index contributed by atoms with van der Waals surface area (Å²) < 4.78 is 0. The van der Waals surface area contributed by atoms with E-state index in [2.05, 4.69) is 25.9 Å². The molecule has 44 heavy (non-hydrogen) atoms. The van der Waals surface area contributed by atoms with Gasteiger partial charge in [0.2, 0.25) is 23.6 Å². The van der Waals surface area contributed by atoms with Crippen molar-refractivity contribution in [1.29, 1.82) is 0 Å². The minimum atomic E-state index is -1.46. The van der Waals surface area contributed by atoms with E-state index in [9.17, 15) is 34.2 Å². The van der Waals surface area contributed by atoms with Gasteiger partial charge in [0.15, 0.2) is 0 Å². The molecule has 4 amide bonds. The highest BCUT2D eigenvalue weighted by atomic mass is 16.4. The lowest BCUT2D eigenvalue weighted by molar-refractivity contribution is -0.142. The third-order valence-electron chi connectivity index (χ3n) is 7.29. The molecule has 0 bridgehead atoms. The van der Waals surface area contributed by atoms with Gasteiger partial charge in [-0.25, -0.2) is 4.79 Å². The Labute approximate surface area is 251 Å². The number of benzene rings is 2.